The van der Waals surface area contributed by atoms with Crippen molar-refractivity contribution in [2.24, 2.45) is 5.92 Å². The van der Waals surface area contributed by atoms with Crippen molar-refractivity contribution >= 4 is 15.7 Å². The van der Waals surface area contributed by atoms with Crippen LogP contribution in [0, 0.1) is 11.7 Å². The zero-order chi connectivity index (χ0) is 13.9. The Morgan fingerprint density at radius 2 is 2.21 bits per heavy atom. The number of amides is 1. The molecular formula is C13H16FNO3S. The van der Waals surface area contributed by atoms with Crippen LogP contribution in [0.5, 0.6) is 0 Å². The van der Waals surface area contributed by atoms with Crippen molar-refractivity contribution in [3.8, 4) is 0 Å². The van der Waals surface area contributed by atoms with Gasteiger partial charge in [0, 0.05) is 6.54 Å². The Morgan fingerprint density at radius 3 is 2.84 bits per heavy atom. The lowest BCUT2D eigenvalue weighted by Gasteiger charge is -2.09. The molecule has 0 radical (unpaired) electrons. The van der Waals surface area contributed by atoms with Crippen LogP contribution in [0.4, 0.5) is 4.39 Å². The Labute approximate surface area is 111 Å². The van der Waals surface area contributed by atoms with E-state index < -0.39 is 15.8 Å². The van der Waals surface area contributed by atoms with Crippen LogP contribution < -0.4 is 5.32 Å². The predicted octanol–water partition coefficient (Wildman–Crippen LogP) is 0.919. The summed E-state index contributed by atoms with van der Waals surface area (Å²) in [6.07, 6.45) is 0.928. The Hall–Kier alpha value is -1.43. The van der Waals surface area contributed by atoms with E-state index in [4.69, 9.17) is 0 Å². The average Bonchev–Trinajstić information content (AvgIpc) is 2.70. The molecule has 1 saturated heterocycles. The van der Waals surface area contributed by atoms with Crippen molar-refractivity contribution in [2.45, 2.75) is 12.8 Å². The molecule has 104 valence electrons. The SMILES string of the molecule is O=C(NCCc1cccc(F)c1)C1CCS(=O)(=O)C1. The van der Waals surface area contributed by atoms with Crippen LogP contribution >= 0.6 is 0 Å². The van der Waals surface area contributed by atoms with Gasteiger partial charge in [0.15, 0.2) is 9.84 Å². The van der Waals surface area contributed by atoms with Gasteiger partial charge in [-0.2, -0.15) is 0 Å². The van der Waals surface area contributed by atoms with Gasteiger partial charge in [0.05, 0.1) is 17.4 Å². The van der Waals surface area contributed by atoms with E-state index in [2.05, 4.69) is 5.32 Å². The van der Waals surface area contributed by atoms with Crippen molar-refractivity contribution in [3.05, 3.63) is 35.6 Å². The molecule has 4 nitrogen and oxygen atoms in total. The number of hydrogen-bond donors (Lipinski definition) is 1. The fourth-order valence-electron chi connectivity index (χ4n) is 2.17. The highest BCUT2D eigenvalue weighted by Crippen LogP contribution is 2.18. The maximum absolute atomic E-state index is 12.9. The molecule has 1 aromatic rings. The molecule has 1 unspecified atom stereocenters. The number of carbonyl (C=O) groups excluding carboxylic acids is 1. The summed E-state index contributed by atoms with van der Waals surface area (Å²) >= 11 is 0. The highest BCUT2D eigenvalue weighted by molar-refractivity contribution is 7.91. The van der Waals surface area contributed by atoms with Crippen molar-refractivity contribution in [2.75, 3.05) is 18.1 Å². The van der Waals surface area contributed by atoms with Crippen LogP contribution in [0.1, 0.15) is 12.0 Å². The molecule has 0 saturated carbocycles. The monoisotopic (exact) mass is 285 g/mol. The number of sulfone groups is 1. The first-order valence-corrected chi connectivity index (χ1v) is 8.01. The van der Waals surface area contributed by atoms with Gasteiger partial charge in [-0.25, -0.2) is 12.8 Å². The van der Waals surface area contributed by atoms with Crippen LogP contribution in [-0.4, -0.2) is 32.4 Å². The molecule has 2 rings (SSSR count). The van der Waals surface area contributed by atoms with E-state index in [-0.39, 0.29) is 23.2 Å². The summed E-state index contributed by atoms with van der Waals surface area (Å²) in [5, 5.41) is 2.70. The summed E-state index contributed by atoms with van der Waals surface area (Å²) in [5.41, 5.74) is 0.805. The van der Waals surface area contributed by atoms with Gasteiger partial charge in [0.2, 0.25) is 5.91 Å². The van der Waals surface area contributed by atoms with Gasteiger partial charge in [-0.05, 0) is 30.5 Å². The van der Waals surface area contributed by atoms with E-state index in [1.165, 1.54) is 12.1 Å². The zero-order valence-electron chi connectivity index (χ0n) is 10.4. The second kappa shape index (κ2) is 5.69. The number of rotatable bonds is 4. The molecule has 1 aromatic carbocycles. The van der Waals surface area contributed by atoms with Gasteiger partial charge < -0.3 is 5.32 Å². The highest BCUT2D eigenvalue weighted by Gasteiger charge is 2.32. The number of hydrogen-bond acceptors (Lipinski definition) is 3. The minimum Gasteiger partial charge on any atom is -0.356 e. The first-order chi connectivity index (χ1) is 8.96. The molecule has 1 amide bonds. The third-order valence-corrected chi connectivity index (χ3v) is 4.97. The Kier molecular flexibility index (Phi) is 4.19. The lowest BCUT2D eigenvalue weighted by molar-refractivity contribution is -0.124. The zero-order valence-corrected chi connectivity index (χ0v) is 11.2. The Balaban J connectivity index is 1.79. The molecule has 19 heavy (non-hydrogen) atoms. The van der Waals surface area contributed by atoms with Crippen molar-refractivity contribution < 1.29 is 17.6 Å². The quantitative estimate of drug-likeness (QED) is 0.894. The summed E-state index contributed by atoms with van der Waals surface area (Å²) in [5.74, 6) is -0.922. The predicted molar refractivity (Wildman–Crippen MR) is 69.9 cm³/mol. The molecule has 1 fully saturated rings. The summed E-state index contributed by atoms with van der Waals surface area (Å²) in [6, 6.07) is 6.20. The molecule has 0 bridgehead atoms. The van der Waals surface area contributed by atoms with E-state index in [1.54, 1.807) is 12.1 Å². The topological polar surface area (TPSA) is 63.2 Å². The maximum atomic E-state index is 12.9. The largest absolute Gasteiger partial charge is 0.356 e. The van der Waals surface area contributed by atoms with Gasteiger partial charge in [-0.1, -0.05) is 12.1 Å². The van der Waals surface area contributed by atoms with Crippen LogP contribution in [0.25, 0.3) is 0 Å². The lowest BCUT2D eigenvalue weighted by atomic mass is 10.1. The molecule has 0 aliphatic carbocycles. The maximum Gasteiger partial charge on any atom is 0.224 e. The molecule has 0 aromatic heterocycles. The van der Waals surface area contributed by atoms with E-state index in [0.717, 1.165) is 5.56 Å². The van der Waals surface area contributed by atoms with Crippen molar-refractivity contribution in [1.82, 2.24) is 5.32 Å². The fraction of sp³-hybridized carbons (Fsp3) is 0.462. The summed E-state index contributed by atoms with van der Waals surface area (Å²) in [7, 11) is -3.03. The van der Waals surface area contributed by atoms with Gasteiger partial charge in [-0.15, -0.1) is 0 Å². The van der Waals surface area contributed by atoms with Crippen LogP contribution in [0.15, 0.2) is 24.3 Å². The van der Waals surface area contributed by atoms with Gasteiger partial charge in [-0.3, -0.25) is 4.79 Å². The molecule has 6 heteroatoms. The number of carbonyl (C=O) groups is 1. The van der Waals surface area contributed by atoms with E-state index in [0.29, 0.717) is 19.4 Å². The first kappa shape index (κ1) is 14.0. The van der Waals surface area contributed by atoms with E-state index >= 15 is 0 Å². The highest BCUT2D eigenvalue weighted by atomic mass is 32.2. The Morgan fingerprint density at radius 1 is 1.42 bits per heavy atom. The molecular weight excluding hydrogens is 269 g/mol. The summed E-state index contributed by atoms with van der Waals surface area (Å²) < 4.78 is 35.4. The molecule has 1 atom stereocenters. The minimum atomic E-state index is -3.03. The molecule has 1 heterocycles. The van der Waals surface area contributed by atoms with E-state index in [9.17, 15) is 17.6 Å². The van der Waals surface area contributed by atoms with Gasteiger partial charge >= 0.3 is 0 Å². The normalized spacial score (nSPS) is 21.2. The number of nitrogens with one attached hydrogen (secondary N) is 1. The second-order valence-corrected chi connectivity index (χ2v) is 7.00. The third kappa shape index (κ3) is 4.02. The smallest absolute Gasteiger partial charge is 0.224 e. The lowest BCUT2D eigenvalue weighted by Crippen LogP contribution is -2.32. The average molecular weight is 285 g/mol. The minimum absolute atomic E-state index is 0.0567. The van der Waals surface area contributed by atoms with Crippen LogP contribution in [0.3, 0.4) is 0 Å². The molecule has 1 aliphatic rings. The second-order valence-electron chi connectivity index (χ2n) is 4.77. The first-order valence-electron chi connectivity index (χ1n) is 6.19. The van der Waals surface area contributed by atoms with Crippen LogP contribution in [-0.2, 0) is 21.1 Å². The van der Waals surface area contributed by atoms with Gasteiger partial charge in [0.25, 0.3) is 0 Å². The standard InChI is InChI=1S/C13H16FNO3S/c14-12-3-1-2-10(8-12)4-6-15-13(16)11-5-7-19(17,18)9-11/h1-3,8,11H,4-7,9H2,(H,15,16). The van der Waals surface area contributed by atoms with Crippen LogP contribution in [0.2, 0.25) is 0 Å². The Bertz CT molecular complexity index is 571. The number of benzene rings is 1. The van der Waals surface area contributed by atoms with E-state index in [1.807, 2.05) is 0 Å². The molecule has 1 N–H and O–H groups in total. The summed E-state index contributed by atoms with van der Waals surface area (Å²) in [4.78, 5) is 11.7. The van der Waals surface area contributed by atoms with Gasteiger partial charge in [0.1, 0.15) is 5.82 Å². The van der Waals surface area contributed by atoms with Crippen molar-refractivity contribution in [3.63, 3.8) is 0 Å². The van der Waals surface area contributed by atoms with Crippen molar-refractivity contribution in [1.29, 1.82) is 0 Å². The third-order valence-electron chi connectivity index (χ3n) is 3.21. The fourth-order valence-corrected chi connectivity index (χ4v) is 3.91. The number of halogens is 1. The molecule has 0 spiro atoms. The molecule has 1 aliphatic heterocycles. The summed E-state index contributed by atoms with van der Waals surface area (Å²) in [6.45, 7) is 0.388.